The Bertz CT molecular complexity index is 905. The second kappa shape index (κ2) is 5.37. The van der Waals surface area contributed by atoms with Gasteiger partial charge in [0.1, 0.15) is 0 Å². The molecule has 1 aromatic heterocycles. The van der Waals surface area contributed by atoms with E-state index in [1.54, 1.807) is 18.2 Å². The second-order valence-corrected chi connectivity index (χ2v) is 7.40. The van der Waals surface area contributed by atoms with Crippen molar-refractivity contribution in [1.82, 2.24) is 4.98 Å². The number of sulfone groups is 1. The van der Waals surface area contributed by atoms with Gasteiger partial charge in [-0.25, -0.2) is 13.4 Å². The predicted molar refractivity (Wildman–Crippen MR) is 83.0 cm³/mol. The lowest BCUT2D eigenvalue weighted by Gasteiger charge is -2.31. The molecular weight excluding hydrogens is 332 g/mol. The molecule has 1 N–H and O–H groups in total. The highest BCUT2D eigenvalue weighted by atomic mass is 32.2. The van der Waals surface area contributed by atoms with Gasteiger partial charge in [0.2, 0.25) is 9.84 Å². The average molecular weight is 346 g/mol. The molecule has 24 heavy (non-hydrogen) atoms. The third-order valence-corrected chi connectivity index (χ3v) is 5.68. The summed E-state index contributed by atoms with van der Waals surface area (Å²) in [4.78, 5) is 16.3. The zero-order valence-corrected chi connectivity index (χ0v) is 13.4. The summed E-state index contributed by atoms with van der Waals surface area (Å²) in [5.41, 5.74) is 0.867. The van der Waals surface area contributed by atoms with Crippen molar-refractivity contribution in [3.8, 4) is 0 Å². The Kier molecular flexibility index (Phi) is 3.41. The minimum absolute atomic E-state index is 0.0357. The molecule has 3 heterocycles. The molecule has 1 amide bonds. The predicted octanol–water partition coefficient (Wildman–Crippen LogP) is 1.46. The van der Waals surface area contributed by atoms with Crippen molar-refractivity contribution in [3.05, 3.63) is 48.2 Å². The number of fused-ring (bicyclic) bond motifs is 2. The van der Waals surface area contributed by atoms with Crippen LogP contribution in [-0.4, -0.2) is 32.5 Å². The van der Waals surface area contributed by atoms with Gasteiger partial charge in [-0.2, -0.15) is 0 Å². The van der Waals surface area contributed by atoms with Crippen LogP contribution in [0, 0.1) is 0 Å². The van der Waals surface area contributed by atoms with Crippen LogP contribution in [0.5, 0.6) is 0 Å². The average Bonchev–Trinajstić information content (AvgIpc) is 2.88. The lowest BCUT2D eigenvalue weighted by molar-refractivity contribution is -0.255. The van der Waals surface area contributed by atoms with E-state index in [2.05, 4.69) is 10.3 Å². The number of benzene rings is 1. The number of hydrogen-bond acceptors (Lipinski definition) is 6. The number of ether oxygens (including phenoxy) is 2. The Balaban J connectivity index is 1.84. The van der Waals surface area contributed by atoms with E-state index in [1.165, 1.54) is 24.4 Å². The number of carbonyl (C=O) groups is 1. The van der Waals surface area contributed by atoms with Crippen LogP contribution in [0.4, 0.5) is 5.69 Å². The number of nitrogens with one attached hydrogen (secondary N) is 1. The van der Waals surface area contributed by atoms with Crippen LogP contribution in [0.2, 0.25) is 0 Å². The summed E-state index contributed by atoms with van der Waals surface area (Å²) in [6.45, 7) is 0.730. The van der Waals surface area contributed by atoms with Crippen molar-refractivity contribution in [3.63, 3.8) is 0 Å². The Morgan fingerprint density at radius 2 is 1.92 bits per heavy atom. The fourth-order valence-corrected chi connectivity index (χ4v) is 4.06. The Morgan fingerprint density at radius 1 is 1.12 bits per heavy atom. The maximum Gasteiger partial charge on any atom is 0.289 e. The van der Waals surface area contributed by atoms with Gasteiger partial charge in [0.25, 0.3) is 11.7 Å². The maximum absolute atomic E-state index is 12.7. The molecule has 0 radical (unpaired) electrons. The number of anilines is 1. The molecule has 8 heteroatoms. The maximum atomic E-state index is 12.7. The lowest BCUT2D eigenvalue weighted by atomic mass is 10.1. The molecule has 0 bridgehead atoms. The number of nitrogens with zero attached hydrogens (tertiary/aromatic N) is 1. The first kappa shape index (κ1) is 15.3. The first-order valence-electron chi connectivity index (χ1n) is 7.44. The first-order chi connectivity index (χ1) is 11.5. The van der Waals surface area contributed by atoms with E-state index in [4.69, 9.17) is 9.47 Å². The van der Waals surface area contributed by atoms with Crippen molar-refractivity contribution in [1.29, 1.82) is 0 Å². The summed E-state index contributed by atoms with van der Waals surface area (Å²) in [6.07, 6.45) is 2.09. The van der Waals surface area contributed by atoms with Gasteiger partial charge in [0, 0.05) is 11.8 Å². The third kappa shape index (κ3) is 2.15. The number of hydrogen-bond donors (Lipinski definition) is 1. The van der Waals surface area contributed by atoms with Gasteiger partial charge in [-0.1, -0.05) is 6.07 Å². The molecule has 0 atom stereocenters. The number of carbonyl (C=O) groups excluding carboxylic acids is 1. The minimum atomic E-state index is -3.79. The fraction of sp³-hybridized carbons (Fsp3) is 0.250. The Labute approximate surface area is 138 Å². The van der Waals surface area contributed by atoms with Gasteiger partial charge in [-0.05, 0) is 36.8 Å². The highest BCUT2D eigenvalue weighted by Crippen LogP contribution is 2.42. The van der Waals surface area contributed by atoms with Crippen molar-refractivity contribution in [2.24, 2.45) is 0 Å². The van der Waals surface area contributed by atoms with Crippen molar-refractivity contribution in [2.45, 2.75) is 22.1 Å². The van der Waals surface area contributed by atoms with Crippen molar-refractivity contribution < 1.29 is 22.7 Å². The summed E-state index contributed by atoms with van der Waals surface area (Å²) >= 11 is 0. The number of aromatic nitrogens is 1. The quantitative estimate of drug-likeness (QED) is 0.884. The summed E-state index contributed by atoms with van der Waals surface area (Å²) in [5.74, 6) is -2.01. The van der Waals surface area contributed by atoms with E-state index >= 15 is 0 Å². The van der Waals surface area contributed by atoms with E-state index in [-0.39, 0.29) is 9.92 Å². The lowest BCUT2D eigenvalue weighted by Crippen LogP contribution is -2.43. The van der Waals surface area contributed by atoms with Crippen molar-refractivity contribution >= 4 is 21.4 Å². The summed E-state index contributed by atoms with van der Waals surface area (Å²) in [6, 6.07) is 9.07. The summed E-state index contributed by atoms with van der Waals surface area (Å²) in [5, 5.41) is 2.62. The largest absolute Gasteiger partial charge is 0.338 e. The zero-order valence-electron chi connectivity index (χ0n) is 12.6. The van der Waals surface area contributed by atoms with Gasteiger partial charge in [0.15, 0.2) is 5.03 Å². The molecule has 2 aromatic rings. The molecular formula is C16H14N2O5S. The molecule has 0 unspecified atom stereocenters. The Morgan fingerprint density at radius 3 is 2.62 bits per heavy atom. The van der Waals surface area contributed by atoms with Crippen LogP contribution in [0.1, 0.15) is 12.0 Å². The van der Waals surface area contributed by atoms with E-state index in [0.717, 1.165) is 0 Å². The SMILES string of the molecule is O=C1Nc2ccc(S(=O)(=O)c3ccccn3)cc2C12OCCCO2. The molecule has 4 rings (SSSR count). The van der Waals surface area contributed by atoms with E-state index in [9.17, 15) is 13.2 Å². The molecule has 1 fully saturated rings. The van der Waals surface area contributed by atoms with E-state index in [1.807, 2.05) is 0 Å². The molecule has 1 aromatic carbocycles. The molecule has 2 aliphatic heterocycles. The number of rotatable bonds is 2. The summed E-state index contributed by atoms with van der Waals surface area (Å²) in [7, 11) is -3.79. The zero-order chi connectivity index (χ0) is 16.8. The molecule has 1 saturated heterocycles. The summed E-state index contributed by atoms with van der Waals surface area (Å²) < 4.78 is 36.7. The van der Waals surface area contributed by atoms with Gasteiger partial charge in [0.05, 0.1) is 23.8 Å². The molecule has 2 aliphatic rings. The Hall–Kier alpha value is -2.29. The van der Waals surface area contributed by atoms with Crippen LogP contribution in [0.3, 0.4) is 0 Å². The smallest absolute Gasteiger partial charge is 0.289 e. The highest BCUT2D eigenvalue weighted by Gasteiger charge is 2.51. The second-order valence-electron chi connectivity index (χ2n) is 5.50. The molecule has 7 nitrogen and oxygen atoms in total. The minimum Gasteiger partial charge on any atom is -0.338 e. The van der Waals surface area contributed by atoms with Gasteiger partial charge in [-0.3, -0.25) is 4.79 Å². The first-order valence-corrected chi connectivity index (χ1v) is 8.92. The van der Waals surface area contributed by atoms with Crippen molar-refractivity contribution in [2.75, 3.05) is 18.5 Å². The van der Waals surface area contributed by atoms with Gasteiger partial charge < -0.3 is 14.8 Å². The van der Waals surface area contributed by atoms with Crippen LogP contribution in [-0.2, 0) is 29.9 Å². The molecule has 0 saturated carbocycles. The molecule has 0 aliphatic carbocycles. The van der Waals surface area contributed by atoms with Gasteiger partial charge in [-0.15, -0.1) is 0 Å². The third-order valence-electron chi connectivity index (χ3n) is 4.02. The fourth-order valence-electron chi connectivity index (χ4n) is 2.84. The monoisotopic (exact) mass is 346 g/mol. The van der Waals surface area contributed by atoms with Crippen LogP contribution in [0.15, 0.2) is 52.5 Å². The van der Waals surface area contributed by atoms with E-state index < -0.39 is 21.5 Å². The normalized spacial score (nSPS) is 19.1. The van der Waals surface area contributed by atoms with Crippen LogP contribution < -0.4 is 5.32 Å². The number of pyridine rings is 1. The molecule has 1 spiro atoms. The molecule has 124 valence electrons. The van der Waals surface area contributed by atoms with Crippen LogP contribution in [0.25, 0.3) is 0 Å². The number of amides is 1. The topological polar surface area (TPSA) is 94.6 Å². The highest BCUT2D eigenvalue weighted by molar-refractivity contribution is 7.91. The van der Waals surface area contributed by atoms with Crippen LogP contribution >= 0.6 is 0 Å². The standard InChI is InChI=1S/C16H14N2O5S/c19-15-16(22-8-3-9-23-16)12-10-11(5-6-13(12)18-15)24(20,21)14-4-1-2-7-17-14/h1-2,4-7,10H,3,8-9H2,(H,18,19). The van der Waals surface area contributed by atoms with Gasteiger partial charge >= 0.3 is 0 Å². The van der Waals surface area contributed by atoms with E-state index in [0.29, 0.717) is 30.9 Å².